The fourth-order valence-electron chi connectivity index (χ4n) is 1.44. The number of carbonyl (C=O) groups excluding carboxylic acids is 2. The molecule has 0 bridgehead atoms. The van der Waals surface area contributed by atoms with Crippen LogP contribution in [0.3, 0.4) is 0 Å². The molecule has 122 valence electrons. The Bertz CT molecular complexity index is 690. The van der Waals surface area contributed by atoms with Crippen LogP contribution in [-0.4, -0.2) is 33.2 Å². The summed E-state index contributed by atoms with van der Waals surface area (Å²) in [5, 5.41) is 0. The molecule has 1 amide bonds. The highest BCUT2D eigenvalue weighted by molar-refractivity contribution is 14.1. The van der Waals surface area contributed by atoms with Gasteiger partial charge in [0.05, 0.1) is 18.4 Å². The minimum absolute atomic E-state index is 0.0265. The van der Waals surface area contributed by atoms with Crippen LogP contribution in [0.2, 0.25) is 0 Å². The molecule has 1 N–H and O–H groups in total. The number of sulfonamides is 1. The number of esters is 1. The first-order valence-electron chi connectivity index (χ1n) is 5.92. The number of ether oxygens (including phenoxy) is 1. The molecular formula is C12H12I3NO5S. The normalized spacial score (nSPS) is 11.1. The van der Waals surface area contributed by atoms with Crippen molar-refractivity contribution in [1.29, 1.82) is 0 Å². The summed E-state index contributed by atoms with van der Waals surface area (Å²) in [6.45, 7) is 0.0497. The van der Waals surface area contributed by atoms with Gasteiger partial charge in [0.15, 0.2) is 0 Å². The average Bonchev–Trinajstić information content (AvgIpc) is 2.36. The van der Waals surface area contributed by atoms with Crippen molar-refractivity contribution in [3.8, 4) is 0 Å². The molecule has 10 heteroatoms. The zero-order valence-corrected chi connectivity index (χ0v) is 18.6. The second kappa shape index (κ2) is 8.96. The Hall–Kier alpha value is 0.300. The van der Waals surface area contributed by atoms with Crippen molar-refractivity contribution in [2.24, 2.45) is 0 Å². The van der Waals surface area contributed by atoms with Gasteiger partial charge in [-0.15, -0.1) is 0 Å². The van der Waals surface area contributed by atoms with Crippen molar-refractivity contribution in [3.05, 3.63) is 28.4 Å². The van der Waals surface area contributed by atoms with Crippen LogP contribution in [0.5, 0.6) is 0 Å². The van der Waals surface area contributed by atoms with Gasteiger partial charge in [0, 0.05) is 17.1 Å². The molecule has 0 aliphatic heterocycles. The molecule has 0 atom stereocenters. The van der Waals surface area contributed by atoms with E-state index in [1.54, 1.807) is 6.07 Å². The molecule has 0 unspecified atom stereocenters. The van der Waals surface area contributed by atoms with E-state index < -0.39 is 21.9 Å². The van der Waals surface area contributed by atoms with Crippen molar-refractivity contribution in [2.45, 2.75) is 12.8 Å². The molecule has 1 rings (SSSR count). The van der Waals surface area contributed by atoms with Gasteiger partial charge in [-0.3, -0.25) is 9.52 Å². The van der Waals surface area contributed by atoms with E-state index in [0.717, 1.165) is 17.0 Å². The van der Waals surface area contributed by atoms with Crippen molar-refractivity contribution in [3.63, 3.8) is 0 Å². The monoisotopic (exact) mass is 663 g/mol. The van der Waals surface area contributed by atoms with Gasteiger partial charge in [-0.05, 0) is 86.3 Å². The van der Waals surface area contributed by atoms with E-state index in [-0.39, 0.29) is 19.4 Å². The summed E-state index contributed by atoms with van der Waals surface area (Å²) >= 11 is 6.35. The van der Waals surface area contributed by atoms with E-state index in [9.17, 15) is 18.0 Å². The van der Waals surface area contributed by atoms with Crippen LogP contribution in [0.4, 0.5) is 0 Å². The van der Waals surface area contributed by atoms with Crippen molar-refractivity contribution in [2.75, 3.05) is 12.9 Å². The molecule has 0 heterocycles. The zero-order chi connectivity index (χ0) is 16.9. The summed E-state index contributed by atoms with van der Waals surface area (Å²) in [5.41, 5.74) is 0.484. The number of hydrogen-bond donors (Lipinski definition) is 1. The Morgan fingerprint density at radius 1 is 1.23 bits per heavy atom. The van der Waals surface area contributed by atoms with E-state index in [1.807, 2.05) is 10.8 Å². The Morgan fingerprint density at radius 3 is 2.45 bits per heavy atom. The number of hydrogen-bond acceptors (Lipinski definition) is 5. The molecule has 1 aromatic rings. The molecule has 0 saturated heterocycles. The van der Waals surface area contributed by atoms with Crippen molar-refractivity contribution in [1.82, 2.24) is 4.72 Å². The van der Waals surface area contributed by atoms with E-state index in [2.05, 4.69) is 67.8 Å². The largest absolute Gasteiger partial charge is 0.462 e. The Kier molecular flexibility index (Phi) is 8.29. The first-order chi connectivity index (χ1) is 10.1. The lowest BCUT2D eigenvalue weighted by Gasteiger charge is -2.08. The van der Waals surface area contributed by atoms with E-state index >= 15 is 0 Å². The third-order valence-electron chi connectivity index (χ3n) is 2.29. The third-order valence-corrected chi connectivity index (χ3v) is 6.56. The Balaban J connectivity index is 2.50. The Labute approximate surface area is 169 Å². The van der Waals surface area contributed by atoms with Crippen LogP contribution in [0, 0.1) is 10.7 Å². The zero-order valence-electron chi connectivity index (χ0n) is 11.4. The van der Waals surface area contributed by atoms with Gasteiger partial charge in [0.2, 0.25) is 15.9 Å². The van der Waals surface area contributed by atoms with E-state index in [4.69, 9.17) is 4.74 Å². The average molecular weight is 663 g/mol. The predicted octanol–water partition coefficient (Wildman–Crippen LogP) is 2.51. The fourth-order valence-corrected chi connectivity index (χ4v) is 4.33. The summed E-state index contributed by atoms with van der Waals surface area (Å²) in [6.07, 6.45) is 1.14. The quantitative estimate of drug-likeness (QED) is 0.219. The molecule has 0 aliphatic carbocycles. The number of halogens is 3. The topological polar surface area (TPSA) is 89.5 Å². The number of carbonyl (C=O) groups is 2. The van der Waals surface area contributed by atoms with Crippen molar-refractivity contribution < 1.29 is 22.7 Å². The molecule has 1 aromatic carbocycles. The summed E-state index contributed by atoms with van der Waals surface area (Å²) in [5.74, 6) is -1.07. The number of benzene rings is 1. The molecule has 0 aliphatic rings. The van der Waals surface area contributed by atoms with Crippen LogP contribution in [0.15, 0.2) is 12.1 Å². The minimum Gasteiger partial charge on any atom is -0.462 e. The van der Waals surface area contributed by atoms with E-state index in [0.29, 0.717) is 5.56 Å². The molecule has 0 spiro atoms. The highest BCUT2D eigenvalue weighted by atomic mass is 127. The van der Waals surface area contributed by atoms with Gasteiger partial charge in [0.25, 0.3) is 0 Å². The van der Waals surface area contributed by atoms with Gasteiger partial charge >= 0.3 is 5.97 Å². The standard InChI is InChI=1S/C12H12I3NO5S/c1-22(19,20)16-10(17)3-2-4-21-12(18)8-5-7(13)6-9(14)11(8)15/h5-6H,2-4H2,1H3,(H,16,17). The van der Waals surface area contributed by atoms with Gasteiger partial charge in [-0.1, -0.05) is 0 Å². The van der Waals surface area contributed by atoms with Crippen LogP contribution >= 0.6 is 67.8 Å². The van der Waals surface area contributed by atoms with E-state index in [1.165, 1.54) is 0 Å². The predicted molar refractivity (Wildman–Crippen MR) is 107 cm³/mol. The first-order valence-corrected chi connectivity index (χ1v) is 11.0. The summed E-state index contributed by atoms with van der Waals surface area (Å²) < 4.78 is 31.4. The highest BCUT2D eigenvalue weighted by Crippen LogP contribution is 2.23. The number of rotatable bonds is 6. The Morgan fingerprint density at radius 2 is 1.86 bits per heavy atom. The van der Waals surface area contributed by atoms with Crippen LogP contribution in [0.25, 0.3) is 0 Å². The fraction of sp³-hybridized carbons (Fsp3) is 0.333. The SMILES string of the molecule is CS(=O)(=O)NC(=O)CCCOC(=O)c1cc(I)cc(I)c1I. The molecule has 0 radical (unpaired) electrons. The highest BCUT2D eigenvalue weighted by Gasteiger charge is 2.15. The lowest BCUT2D eigenvalue weighted by molar-refractivity contribution is -0.119. The molecule has 0 aromatic heterocycles. The van der Waals surface area contributed by atoms with Gasteiger partial charge in [0.1, 0.15) is 0 Å². The van der Waals surface area contributed by atoms with Crippen molar-refractivity contribution >= 4 is 89.7 Å². The maximum Gasteiger partial charge on any atom is 0.339 e. The van der Waals surface area contributed by atoms with Crippen LogP contribution in [-0.2, 0) is 19.6 Å². The molecule has 0 saturated carbocycles. The lowest BCUT2D eigenvalue weighted by atomic mass is 10.2. The summed E-state index contributed by atoms with van der Waals surface area (Å²) in [7, 11) is -3.54. The van der Waals surface area contributed by atoms with Crippen LogP contribution in [0.1, 0.15) is 23.2 Å². The third kappa shape index (κ3) is 7.25. The van der Waals surface area contributed by atoms with Gasteiger partial charge in [-0.2, -0.15) is 0 Å². The van der Waals surface area contributed by atoms with Gasteiger partial charge in [-0.25, -0.2) is 13.2 Å². The second-order valence-electron chi connectivity index (χ2n) is 4.29. The van der Waals surface area contributed by atoms with Gasteiger partial charge < -0.3 is 4.74 Å². The summed E-state index contributed by atoms with van der Waals surface area (Å²) in [4.78, 5) is 23.3. The minimum atomic E-state index is -3.54. The van der Waals surface area contributed by atoms with Crippen LogP contribution < -0.4 is 4.72 Å². The second-order valence-corrected chi connectivity index (χ2v) is 9.52. The molecule has 0 fully saturated rings. The smallest absolute Gasteiger partial charge is 0.339 e. The first kappa shape index (κ1) is 20.3. The molecular weight excluding hydrogens is 651 g/mol. The summed E-state index contributed by atoms with van der Waals surface area (Å²) in [6, 6.07) is 3.69. The molecule has 22 heavy (non-hydrogen) atoms. The number of amides is 1. The maximum absolute atomic E-state index is 12.0. The lowest BCUT2D eigenvalue weighted by Crippen LogP contribution is -2.29. The number of nitrogens with one attached hydrogen (secondary N) is 1. The maximum atomic E-state index is 12.0. The molecule has 6 nitrogen and oxygen atoms in total.